The summed E-state index contributed by atoms with van der Waals surface area (Å²) in [5, 5.41) is 12.3. The molecule has 2 aromatic rings. The van der Waals surface area contributed by atoms with Gasteiger partial charge in [0.2, 0.25) is 5.91 Å². The fourth-order valence-corrected chi connectivity index (χ4v) is 4.08. The Morgan fingerprint density at radius 2 is 2.08 bits per heavy atom. The van der Waals surface area contributed by atoms with Crippen LogP contribution < -0.4 is 5.32 Å². The molecule has 0 saturated heterocycles. The van der Waals surface area contributed by atoms with Crippen LogP contribution in [0.5, 0.6) is 0 Å². The van der Waals surface area contributed by atoms with Crippen LogP contribution in [0.25, 0.3) is 0 Å². The highest BCUT2D eigenvalue weighted by Crippen LogP contribution is 2.40. The van der Waals surface area contributed by atoms with Gasteiger partial charge in [-0.25, -0.2) is 0 Å². The van der Waals surface area contributed by atoms with Crippen LogP contribution in [0, 0.1) is 6.92 Å². The lowest BCUT2D eigenvalue weighted by Gasteiger charge is -2.07. The second-order valence-electron chi connectivity index (χ2n) is 6.31. The number of hydrogen-bond donors (Lipinski definition) is 1. The Kier molecular flexibility index (Phi) is 6.80. The first-order chi connectivity index (χ1) is 12.7. The molecule has 3 rings (SSSR count). The smallest absolute Gasteiger partial charge is 0.230 e. The number of rotatable bonds is 10. The first-order valence-corrected chi connectivity index (χ1v) is 10.8. The van der Waals surface area contributed by atoms with Crippen molar-refractivity contribution in [1.29, 1.82) is 0 Å². The normalized spacial score (nSPS) is 13.6. The summed E-state index contributed by atoms with van der Waals surface area (Å²) < 4.78 is 2.08. The lowest BCUT2D eigenvalue weighted by molar-refractivity contribution is -0.118. The Morgan fingerprint density at radius 3 is 2.77 bits per heavy atom. The number of amides is 1. The number of benzene rings is 1. The van der Waals surface area contributed by atoms with E-state index < -0.39 is 0 Å². The van der Waals surface area contributed by atoms with Crippen molar-refractivity contribution in [2.24, 2.45) is 0 Å². The van der Waals surface area contributed by atoms with E-state index in [0.29, 0.717) is 24.8 Å². The van der Waals surface area contributed by atoms with E-state index in [0.717, 1.165) is 16.7 Å². The molecular formula is C19H24N4OS2. The van der Waals surface area contributed by atoms with Gasteiger partial charge in [-0.3, -0.25) is 4.79 Å². The number of carbonyl (C=O) groups excluding carboxylic acids is 1. The fraction of sp³-hybridized carbons (Fsp3) is 0.421. The zero-order valence-corrected chi connectivity index (χ0v) is 16.6. The minimum atomic E-state index is 0.0284. The molecule has 0 bridgehead atoms. The predicted molar refractivity (Wildman–Crippen MR) is 108 cm³/mol. The van der Waals surface area contributed by atoms with Crippen molar-refractivity contribution in [3.05, 3.63) is 48.3 Å². The number of hydrogen-bond acceptors (Lipinski definition) is 5. The van der Waals surface area contributed by atoms with Gasteiger partial charge in [-0.05, 0) is 31.9 Å². The third-order valence-corrected chi connectivity index (χ3v) is 6.03. The molecule has 1 N–H and O–H groups in total. The van der Waals surface area contributed by atoms with Gasteiger partial charge < -0.3 is 9.88 Å². The third-order valence-electron chi connectivity index (χ3n) is 4.05. The molecule has 7 heteroatoms. The van der Waals surface area contributed by atoms with Crippen molar-refractivity contribution in [3.8, 4) is 0 Å². The lowest BCUT2D eigenvalue weighted by Crippen LogP contribution is -2.27. The number of aryl methyl sites for hydroxylation is 1. The zero-order chi connectivity index (χ0) is 18.4. The molecule has 1 fully saturated rings. The quantitative estimate of drug-likeness (QED) is 0.382. The molecule has 0 radical (unpaired) electrons. The summed E-state index contributed by atoms with van der Waals surface area (Å²) in [6.07, 6.45) is 4.21. The molecule has 1 aliphatic rings. The molecule has 1 amide bonds. The fourth-order valence-electron chi connectivity index (χ4n) is 2.53. The van der Waals surface area contributed by atoms with Crippen LogP contribution in [0.4, 0.5) is 0 Å². The maximum absolute atomic E-state index is 12.1. The molecule has 1 aromatic carbocycles. The molecule has 0 spiro atoms. The highest BCUT2D eigenvalue weighted by atomic mass is 32.2. The van der Waals surface area contributed by atoms with Crippen LogP contribution in [0.3, 0.4) is 0 Å². The van der Waals surface area contributed by atoms with E-state index in [1.807, 2.05) is 6.08 Å². The average molecular weight is 389 g/mol. The minimum Gasteiger partial charge on any atom is -0.355 e. The Bertz CT molecular complexity index is 753. The van der Waals surface area contributed by atoms with Crippen LogP contribution in [-0.2, 0) is 11.3 Å². The van der Waals surface area contributed by atoms with E-state index in [1.165, 1.54) is 35.1 Å². The summed E-state index contributed by atoms with van der Waals surface area (Å²) in [5.41, 5.74) is 1.26. The van der Waals surface area contributed by atoms with Gasteiger partial charge in [0.15, 0.2) is 5.16 Å². The zero-order valence-electron chi connectivity index (χ0n) is 15.0. The molecule has 0 unspecified atom stereocenters. The SMILES string of the molecule is C=CCn1c(SCC(=O)NCCSc2ccc(C)cc2)nnc1C1CC1. The molecule has 5 nitrogen and oxygen atoms in total. The summed E-state index contributed by atoms with van der Waals surface area (Å²) in [5.74, 6) is 2.81. The molecule has 1 saturated carbocycles. The molecule has 26 heavy (non-hydrogen) atoms. The van der Waals surface area contributed by atoms with E-state index >= 15 is 0 Å². The molecule has 0 atom stereocenters. The number of thioether (sulfide) groups is 2. The van der Waals surface area contributed by atoms with Gasteiger partial charge in [-0.15, -0.1) is 28.5 Å². The predicted octanol–water partition coefficient (Wildman–Crippen LogP) is 3.65. The van der Waals surface area contributed by atoms with Gasteiger partial charge in [0, 0.05) is 29.7 Å². The average Bonchev–Trinajstić information content (AvgIpc) is 3.41. The standard InChI is InChI=1S/C19H24N4OS2/c1-3-11-23-18(15-6-7-15)21-22-19(23)26-13-17(24)20-10-12-25-16-8-4-14(2)5-9-16/h3-5,8-9,15H,1,6-7,10-13H2,2H3,(H,20,24). The summed E-state index contributed by atoms with van der Waals surface area (Å²) in [7, 11) is 0. The van der Waals surface area contributed by atoms with Gasteiger partial charge in [0.1, 0.15) is 5.82 Å². The maximum Gasteiger partial charge on any atom is 0.230 e. The highest BCUT2D eigenvalue weighted by Gasteiger charge is 2.30. The lowest BCUT2D eigenvalue weighted by atomic mass is 10.2. The first kappa shape index (κ1) is 19.0. The summed E-state index contributed by atoms with van der Waals surface area (Å²) in [6, 6.07) is 8.43. The van der Waals surface area contributed by atoms with Gasteiger partial charge in [-0.1, -0.05) is 35.5 Å². The van der Waals surface area contributed by atoms with Crippen molar-refractivity contribution in [3.63, 3.8) is 0 Å². The van der Waals surface area contributed by atoms with E-state index in [-0.39, 0.29) is 5.91 Å². The number of nitrogens with zero attached hydrogens (tertiary/aromatic N) is 3. The van der Waals surface area contributed by atoms with Gasteiger partial charge in [0.05, 0.1) is 5.75 Å². The first-order valence-electron chi connectivity index (χ1n) is 8.80. The second kappa shape index (κ2) is 9.28. The van der Waals surface area contributed by atoms with Crippen LogP contribution in [0.1, 0.15) is 30.1 Å². The van der Waals surface area contributed by atoms with E-state index in [1.54, 1.807) is 11.8 Å². The highest BCUT2D eigenvalue weighted by molar-refractivity contribution is 7.99. The Labute approximate surface area is 163 Å². The Hall–Kier alpha value is -1.73. The van der Waals surface area contributed by atoms with E-state index in [9.17, 15) is 4.79 Å². The largest absolute Gasteiger partial charge is 0.355 e. The number of nitrogens with one attached hydrogen (secondary N) is 1. The van der Waals surface area contributed by atoms with Crippen LogP contribution in [-0.4, -0.2) is 38.7 Å². The summed E-state index contributed by atoms with van der Waals surface area (Å²) in [6.45, 7) is 7.23. The summed E-state index contributed by atoms with van der Waals surface area (Å²) in [4.78, 5) is 13.3. The molecule has 1 aliphatic carbocycles. The molecule has 1 aromatic heterocycles. The number of allylic oxidation sites excluding steroid dienone is 1. The van der Waals surface area contributed by atoms with Crippen LogP contribution in [0.15, 0.2) is 47.0 Å². The molecular weight excluding hydrogens is 364 g/mol. The van der Waals surface area contributed by atoms with E-state index in [4.69, 9.17) is 0 Å². The second-order valence-corrected chi connectivity index (χ2v) is 8.43. The van der Waals surface area contributed by atoms with E-state index in [2.05, 4.69) is 57.8 Å². The van der Waals surface area contributed by atoms with Crippen LogP contribution >= 0.6 is 23.5 Å². The van der Waals surface area contributed by atoms with Gasteiger partial charge >= 0.3 is 0 Å². The van der Waals surface area contributed by atoms with Crippen molar-refractivity contribution in [2.75, 3.05) is 18.1 Å². The van der Waals surface area contributed by atoms with Crippen LogP contribution in [0.2, 0.25) is 0 Å². The Balaban J connectivity index is 1.40. The molecule has 138 valence electrons. The Morgan fingerprint density at radius 1 is 1.31 bits per heavy atom. The maximum atomic E-state index is 12.1. The molecule has 1 heterocycles. The van der Waals surface area contributed by atoms with Crippen molar-refractivity contribution in [1.82, 2.24) is 20.1 Å². The monoisotopic (exact) mass is 388 g/mol. The number of aromatic nitrogens is 3. The van der Waals surface area contributed by atoms with Gasteiger partial charge in [0.25, 0.3) is 0 Å². The van der Waals surface area contributed by atoms with Crippen molar-refractivity contribution >= 4 is 29.4 Å². The topological polar surface area (TPSA) is 59.8 Å². The minimum absolute atomic E-state index is 0.0284. The summed E-state index contributed by atoms with van der Waals surface area (Å²) >= 11 is 3.19. The third kappa shape index (κ3) is 5.38. The van der Waals surface area contributed by atoms with Crippen molar-refractivity contribution < 1.29 is 4.79 Å². The van der Waals surface area contributed by atoms with Gasteiger partial charge in [-0.2, -0.15) is 0 Å². The number of carbonyl (C=O) groups is 1. The molecule has 0 aliphatic heterocycles. The van der Waals surface area contributed by atoms with Crippen molar-refractivity contribution in [2.45, 2.75) is 42.3 Å².